The molecule has 8 nitrogen and oxygen atoms in total. The van der Waals surface area contributed by atoms with Gasteiger partial charge in [0, 0.05) is 6.54 Å². The lowest BCUT2D eigenvalue weighted by Gasteiger charge is -2.32. The van der Waals surface area contributed by atoms with E-state index in [4.69, 9.17) is 4.74 Å². The summed E-state index contributed by atoms with van der Waals surface area (Å²) in [6.45, 7) is 12.7. The number of nitrogens with one attached hydrogen (secondary N) is 2. The molecule has 1 aromatic carbocycles. The number of unbranched alkanes of at least 4 members (excludes halogenated alkanes) is 1. The van der Waals surface area contributed by atoms with E-state index in [0.717, 1.165) is 24.0 Å². The first-order valence-corrected chi connectivity index (χ1v) is 10.9. The summed E-state index contributed by atoms with van der Waals surface area (Å²) >= 11 is 0. The van der Waals surface area contributed by atoms with Gasteiger partial charge in [-0.3, -0.25) is 9.59 Å². The monoisotopic (exact) mass is 444 g/mol. The number of rotatable bonds is 9. The maximum atomic E-state index is 13.3. The van der Waals surface area contributed by atoms with Crippen LogP contribution in [0.2, 0.25) is 0 Å². The van der Waals surface area contributed by atoms with Crippen molar-refractivity contribution in [2.75, 3.05) is 13.1 Å². The largest absolute Gasteiger partial charge is 0.444 e. The maximum absolute atomic E-state index is 13.3. The lowest BCUT2D eigenvalue weighted by Crippen LogP contribution is -2.52. The van der Waals surface area contributed by atoms with Crippen LogP contribution in [-0.2, 0) is 14.3 Å². The highest BCUT2D eigenvalue weighted by atomic mass is 16.6. The van der Waals surface area contributed by atoms with Crippen molar-refractivity contribution in [3.8, 4) is 6.07 Å². The van der Waals surface area contributed by atoms with Crippen LogP contribution in [-0.4, -0.2) is 47.5 Å². The van der Waals surface area contributed by atoms with Gasteiger partial charge >= 0.3 is 6.09 Å². The van der Waals surface area contributed by atoms with Gasteiger partial charge in [-0.05, 0) is 53.5 Å². The first-order chi connectivity index (χ1) is 14.9. The highest BCUT2D eigenvalue weighted by Crippen LogP contribution is 2.24. The van der Waals surface area contributed by atoms with Gasteiger partial charge in [0.1, 0.15) is 24.2 Å². The molecule has 2 N–H and O–H groups in total. The highest BCUT2D eigenvalue weighted by molar-refractivity contribution is 5.92. The topological polar surface area (TPSA) is 112 Å². The van der Waals surface area contributed by atoms with E-state index in [1.54, 1.807) is 20.8 Å². The highest BCUT2D eigenvalue weighted by Gasteiger charge is 2.34. The van der Waals surface area contributed by atoms with Crippen molar-refractivity contribution in [2.24, 2.45) is 0 Å². The van der Waals surface area contributed by atoms with Crippen LogP contribution < -0.4 is 10.6 Å². The van der Waals surface area contributed by atoms with E-state index < -0.39 is 29.7 Å². The summed E-state index contributed by atoms with van der Waals surface area (Å²) in [5, 5.41) is 14.8. The van der Waals surface area contributed by atoms with Crippen molar-refractivity contribution in [1.29, 1.82) is 5.26 Å². The number of benzene rings is 1. The van der Waals surface area contributed by atoms with Gasteiger partial charge in [0.05, 0.1) is 6.07 Å². The Kier molecular flexibility index (Phi) is 10.2. The maximum Gasteiger partial charge on any atom is 0.408 e. The molecule has 8 heteroatoms. The number of hydrogen-bond acceptors (Lipinski definition) is 5. The summed E-state index contributed by atoms with van der Waals surface area (Å²) in [5.41, 5.74) is 1.77. The first-order valence-electron chi connectivity index (χ1n) is 10.9. The van der Waals surface area contributed by atoms with Gasteiger partial charge < -0.3 is 20.3 Å². The number of amides is 3. The van der Waals surface area contributed by atoms with Gasteiger partial charge in [0.15, 0.2) is 0 Å². The van der Waals surface area contributed by atoms with Gasteiger partial charge in [-0.1, -0.05) is 42.7 Å². The zero-order chi connectivity index (χ0) is 24.5. The molecule has 0 spiro atoms. The lowest BCUT2D eigenvalue weighted by molar-refractivity contribution is -0.141. The molecule has 0 aliphatic rings. The van der Waals surface area contributed by atoms with Crippen molar-refractivity contribution < 1.29 is 19.1 Å². The Morgan fingerprint density at radius 1 is 1.16 bits per heavy atom. The van der Waals surface area contributed by atoms with Gasteiger partial charge in [-0.15, -0.1) is 0 Å². The SMILES string of the molecule is CCCCNC(=O)C(c1cc(C)cc(C)c1)N(CC#N)C(=O)C(C)NC(=O)OC(C)(C)C. The second kappa shape index (κ2) is 12.1. The van der Waals surface area contributed by atoms with E-state index in [1.165, 1.54) is 11.8 Å². The molecule has 0 fully saturated rings. The van der Waals surface area contributed by atoms with Crippen LogP contribution in [0.5, 0.6) is 0 Å². The minimum atomic E-state index is -1.000. The Morgan fingerprint density at radius 3 is 2.25 bits per heavy atom. The molecular weight excluding hydrogens is 408 g/mol. The van der Waals surface area contributed by atoms with Gasteiger partial charge in [-0.25, -0.2) is 4.79 Å². The molecule has 0 aliphatic carbocycles. The summed E-state index contributed by atoms with van der Waals surface area (Å²) in [5.74, 6) is -0.913. The quantitative estimate of drug-likeness (QED) is 0.447. The normalized spacial score (nSPS) is 12.8. The molecule has 0 saturated heterocycles. The predicted molar refractivity (Wildman–Crippen MR) is 123 cm³/mol. The molecule has 2 unspecified atom stereocenters. The Labute approximate surface area is 191 Å². The van der Waals surface area contributed by atoms with Crippen molar-refractivity contribution in [2.45, 2.75) is 79.0 Å². The van der Waals surface area contributed by atoms with E-state index >= 15 is 0 Å². The minimum absolute atomic E-state index is 0.308. The van der Waals surface area contributed by atoms with E-state index in [-0.39, 0.29) is 12.5 Å². The third-order valence-corrected chi connectivity index (χ3v) is 4.58. The number of carbonyl (C=O) groups is 3. The second-order valence-electron chi connectivity index (χ2n) is 8.96. The summed E-state index contributed by atoms with van der Waals surface area (Å²) in [7, 11) is 0. The Hall–Kier alpha value is -3.08. The molecule has 2 atom stereocenters. The number of aryl methyl sites for hydroxylation is 2. The first kappa shape index (κ1) is 27.0. The van der Waals surface area contributed by atoms with Crippen LogP contribution in [0, 0.1) is 25.2 Å². The molecule has 176 valence electrons. The Balaban J connectivity index is 3.27. The average Bonchev–Trinajstić information content (AvgIpc) is 2.64. The summed E-state index contributed by atoms with van der Waals surface area (Å²) < 4.78 is 5.22. The molecular formula is C24H36N4O4. The molecule has 0 heterocycles. The smallest absolute Gasteiger partial charge is 0.408 e. The van der Waals surface area contributed by atoms with E-state index in [1.807, 2.05) is 45.0 Å². The van der Waals surface area contributed by atoms with E-state index in [2.05, 4.69) is 10.6 Å². The zero-order valence-electron chi connectivity index (χ0n) is 20.2. The van der Waals surface area contributed by atoms with Crippen LogP contribution in [0.15, 0.2) is 18.2 Å². The van der Waals surface area contributed by atoms with Crippen LogP contribution in [0.1, 0.15) is 70.2 Å². The second-order valence-corrected chi connectivity index (χ2v) is 8.96. The number of nitrogens with zero attached hydrogens (tertiary/aromatic N) is 2. The van der Waals surface area contributed by atoms with Gasteiger partial charge in [0.2, 0.25) is 11.8 Å². The van der Waals surface area contributed by atoms with Crippen LogP contribution in [0.25, 0.3) is 0 Å². The van der Waals surface area contributed by atoms with Gasteiger partial charge in [0.25, 0.3) is 0 Å². The molecule has 32 heavy (non-hydrogen) atoms. The number of nitriles is 1. The molecule has 0 saturated carbocycles. The lowest BCUT2D eigenvalue weighted by atomic mass is 9.98. The molecule has 0 aliphatic heterocycles. The number of ether oxygens (including phenoxy) is 1. The number of carbonyl (C=O) groups excluding carboxylic acids is 3. The van der Waals surface area contributed by atoms with Gasteiger partial charge in [-0.2, -0.15) is 5.26 Å². The fourth-order valence-corrected chi connectivity index (χ4v) is 3.29. The summed E-state index contributed by atoms with van der Waals surface area (Å²) in [6.07, 6.45) is 0.964. The predicted octanol–water partition coefficient (Wildman–Crippen LogP) is 3.53. The van der Waals surface area contributed by atoms with E-state index in [9.17, 15) is 19.6 Å². The molecule has 0 aromatic heterocycles. The van der Waals surface area contributed by atoms with Crippen molar-refractivity contribution in [3.05, 3.63) is 34.9 Å². The molecule has 0 bridgehead atoms. The third-order valence-electron chi connectivity index (χ3n) is 4.58. The van der Waals surface area contributed by atoms with Crippen LogP contribution in [0.4, 0.5) is 4.79 Å². The molecule has 1 rings (SSSR count). The Bertz CT molecular complexity index is 834. The third kappa shape index (κ3) is 8.58. The Morgan fingerprint density at radius 2 is 1.75 bits per heavy atom. The standard InChI is InChI=1S/C24H36N4O4/c1-8-9-11-26-21(29)20(19-14-16(2)13-17(3)15-19)28(12-10-25)22(30)18(4)27-23(31)32-24(5,6)7/h13-15,18,20H,8-9,11-12H2,1-7H3,(H,26,29)(H,27,31). The zero-order valence-corrected chi connectivity index (χ0v) is 20.2. The van der Waals surface area contributed by atoms with Crippen LogP contribution >= 0.6 is 0 Å². The van der Waals surface area contributed by atoms with Crippen molar-refractivity contribution in [1.82, 2.24) is 15.5 Å². The van der Waals surface area contributed by atoms with Crippen LogP contribution in [0.3, 0.4) is 0 Å². The fraction of sp³-hybridized carbons (Fsp3) is 0.583. The number of alkyl carbamates (subject to hydrolysis) is 1. The average molecular weight is 445 g/mol. The summed E-state index contributed by atoms with van der Waals surface area (Å²) in [4.78, 5) is 39.8. The van der Waals surface area contributed by atoms with Crippen molar-refractivity contribution >= 4 is 17.9 Å². The van der Waals surface area contributed by atoms with E-state index in [0.29, 0.717) is 12.1 Å². The minimum Gasteiger partial charge on any atom is -0.444 e. The fourth-order valence-electron chi connectivity index (χ4n) is 3.29. The number of hydrogen-bond donors (Lipinski definition) is 2. The molecule has 3 amide bonds. The van der Waals surface area contributed by atoms with Crippen molar-refractivity contribution in [3.63, 3.8) is 0 Å². The summed E-state index contributed by atoms with van der Waals surface area (Å²) in [6, 6.07) is 5.63. The molecule has 0 radical (unpaired) electrons. The molecule has 1 aromatic rings.